The lowest BCUT2D eigenvalue weighted by atomic mass is 10.1. The zero-order valence-corrected chi connectivity index (χ0v) is 16.2. The molecule has 1 aromatic heterocycles. The Labute approximate surface area is 174 Å². The number of pyridine rings is 1. The van der Waals surface area contributed by atoms with E-state index in [2.05, 4.69) is 4.98 Å². The monoisotopic (exact) mass is 390 g/mol. The fourth-order valence-corrected chi connectivity index (χ4v) is 3.06. The Morgan fingerprint density at radius 1 is 0.967 bits per heavy atom. The largest absolute Gasteiger partial charge is 0.487 e. The molecule has 0 aliphatic carbocycles. The van der Waals surface area contributed by atoms with E-state index in [4.69, 9.17) is 10.00 Å². The lowest BCUT2D eigenvalue weighted by Crippen LogP contribution is -1.98. The van der Waals surface area contributed by atoms with Gasteiger partial charge in [-0.25, -0.2) is 4.98 Å². The number of carbonyl (C=O) groups is 1. The summed E-state index contributed by atoms with van der Waals surface area (Å²) >= 11 is 0. The van der Waals surface area contributed by atoms with E-state index in [-0.39, 0.29) is 5.78 Å². The van der Waals surface area contributed by atoms with Crippen LogP contribution in [0.3, 0.4) is 0 Å². The summed E-state index contributed by atoms with van der Waals surface area (Å²) in [5.41, 5.74) is 3.59. The van der Waals surface area contributed by atoms with Crippen LogP contribution in [0.25, 0.3) is 17.0 Å². The molecule has 0 fully saturated rings. The first kappa shape index (κ1) is 19.1. The molecule has 0 spiro atoms. The molecule has 0 saturated carbocycles. The van der Waals surface area contributed by atoms with Gasteiger partial charge >= 0.3 is 0 Å². The molecule has 0 radical (unpaired) electrons. The number of hydrogen-bond acceptors (Lipinski definition) is 4. The number of allylic oxidation sites excluding steroid dienone is 1. The zero-order valence-electron chi connectivity index (χ0n) is 16.2. The van der Waals surface area contributed by atoms with Gasteiger partial charge in [0.2, 0.25) is 0 Å². The molecule has 0 aliphatic heterocycles. The molecule has 4 aromatic rings. The average molecular weight is 390 g/mol. The van der Waals surface area contributed by atoms with E-state index in [1.165, 1.54) is 6.08 Å². The molecular weight excluding hydrogens is 372 g/mol. The van der Waals surface area contributed by atoms with E-state index in [1.807, 2.05) is 66.7 Å². The van der Waals surface area contributed by atoms with Crippen LogP contribution in [-0.2, 0) is 6.61 Å². The number of carbonyl (C=O) groups excluding carboxylic acids is 1. The number of fused-ring (bicyclic) bond motifs is 1. The SMILES string of the molecule is N#Cc1cccc(C(=O)C=Cc2cccc(OCc3ccc4ccccc4n3)c2)c1. The molecule has 1 heterocycles. The molecule has 0 saturated heterocycles. The van der Waals surface area contributed by atoms with E-state index >= 15 is 0 Å². The molecule has 0 unspecified atom stereocenters. The first-order valence-electron chi connectivity index (χ1n) is 9.51. The Morgan fingerprint density at radius 3 is 2.73 bits per heavy atom. The van der Waals surface area contributed by atoms with Crippen LogP contribution >= 0.6 is 0 Å². The number of para-hydroxylation sites is 1. The van der Waals surface area contributed by atoms with Crippen molar-refractivity contribution in [2.75, 3.05) is 0 Å². The standard InChI is InChI=1S/C26H18N2O2/c27-17-20-6-3-8-22(15-20)26(29)14-11-19-5-4-9-24(16-19)30-18-23-13-12-21-7-1-2-10-25(21)28-23/h1-16H,18H2. The van der Waals surface area contributed by atoms with Crippen LogP contribution < -0.4 is 4.74 Å². The molecule has 4 heteroatoms. The van der Waals surface area contributed by atoms with Crippen molar-refractivity contribution in [2.45, 2.75) is 6.61 Å². The molecule has 0 amide bonds. The van der Waals surface area contributed by atoms with E-state index in [9.17, 15) is 4.79 Å². The van der Waals surface area contributed by atoms with Gasteiger partial charge < -0.3 is 4.74 Å². The van der Waals surface area contributed by atoms with Gasteiger partial charge in [-0.15, -0.1) is 0 Å². The Hall–Kier alpha value is -4.23. The summed E-state index contributed by atoms with van der Waals surface area (Å²) in [6, 6.07) is 28.2. The fourth-order valence-electron chi connectivity index (χ4n) is 3.06. The summed E-state index contributed by atoms with van der Waals surface area (Å²) in [5, 5.41) is 10.1. The van der Waals surface area contributed by atoms with Gasteiger partial charge in [0.1, 0.15) is 12.4 Å². The van der Waals surface area contributed by atoms with E-state index in [0.717, 1.165) is 22.2 Å². The number of ether oxygens (including phenoxy) is 1. The predicted molar refractivity (Wildman–Crippen MR) is 117 cm³/mol. The van der Waals surface area contributed by atoms with Crippen LogP contribution in [0.5, 0.6) is 5.75 Å². The van der Waals surface area contributed by atoms with Crippen molar-refractivity contribution in [3.63, 3.8) is 0 Å². The van der Waals surface area contributed by atoms with Crippen LogP contribution in [0, 0.1) is 11.3 Å². The van der Waals surface area contributed by atoms with Crippen molar-refractivity contribution < 1.29 is 9.53 Å². The first-order valence-corrected chi connectivity index (χ1v) is 9.51. The average Bonchev–Trinajstić information content (AvgIpc) is 2.81. The zero-order chi connectivity index (χ0) is 20.8. The summed E-state index contributed by atoms with van der Waals surface area (Å²) in [4.78, 5) is 17.0. The van der Waals surface area contributed by atoms with Crippen molar-refractivity contribution in [3.8, 4) is 11.8 Å². The van der Waals surface area contributed by atoms with Crippen molar-refractivity contribution in [1.82, 2.24) is 4.98 Å². The minimum absolute atomic E-state index is 0.154. The lowest BCUT2D eigenvalue weighted by Gasteiger charge is -2.07. The number of benzene rings is 3. The minimum Gasteiger partial charge on any atom is -0.487 e. The number of rotatable bonds is 6. The summed E-state index contributed by atoms with van der Waals surface area (Å²) in [6.45, 7) is 0.359. The molecule has 0 atom stereocenters. The highest BCUT2D eigenvalue weighted by Gasteiger charge is 2.04. The van der Waals surface area contributed by atoms with Gasteiger partial charge in [-0.1, -0.05) is 54.6 Å². The third-order valence-corrected chi connectivity index (χ3v) is 4.60. The number of ketones is 1. The predicted octanol–water partition coefficient (Wildman–Crippen LogP) is 5.58. The summed E-state index contributed by atoms with van der Waals surface area (Å²) in [6.07, 6.45) is 3.24. The Bertz CT molecular complexity index is 1290. The second kappa shape index (κ2) is 8.85. The normalized spacial score (nSPS) is 10.8. The van der Waals surface area contributed by atoms with E-state index in [1.54, 1.807) is 30.3 Å². The maximum Gasteiger partial charge on any atom is 0.185 e. The fraction of sp³-hybridized carbons (Fsp3) is 0.0385. The van der Waals surface area contributed by atoms with Gasteiger partial charge in [0, 0.05) is 10.9 Å². The van der Waals surface area contributed by atoms with Crippen molar-refractivity contribution in [2.24, 2.45) is 0 Å². The Kier molecular flexibility index (Phi) is 5.63. The van der Waals surface area contributed by atoms with Crippen molar-refractivity contribution in [3.05, 3.63) is 113 Å². The second-order valence-corrected chi connectivity index (χ2v) is 6.75. The minimum atomic E-state index is -0.154. The van der Waals surface area contributed by atoms with Gasteiger partial charge in [0.25, 0.3) is 0 Å². The van der Waals surface area contributed by atoms with Crippen molar-refractivity contribution >= 4 is 22.8 Å². The highest BCUT2D eigenvalue weighted by Crippen LogP contribution is 2.18. The molecule has 0 aliphatic rings. The smallest absolute Gasteiger partial charge is 0.185 e. The van der Waals surface area contributed by atoms with Gasteiger partial charge in [0.05, 0.1) is 22.8 Å². The molecule has 4 rings (SSSR count). The van der Waals surface area contributed by atoms with Crippen LogP contribution in [0.4, 0.5) is 0 Å². The second-order valence-electron chi connectivity index (χ2n) is 6.75. The molecule has 0 N–H and O–H groups in total. The molecular formula is C26H18N2O2. The lowest BCUT2D eigenvalue weighted by molar-refractivity contribution is 0.104. The van der Waals surface area contributed by atoms with Crippen LogP contribution in [0.15, 0.2) is 91.0 Å². The summed E-state index contributed by atoms with van der Waals surface area (Å²) < 4.78 is 5.89. The maximum absolute atomic E-state index is 12.4. The molecule has 30 heavy (non-hydrogen) atoms. The Balaban J connectivity index is 1.43. The number of nitrogens with zero attached hydrogens (tertiary/aromatic N) is 2. The third kappa shape index (κ3) is 4.60. The number of aromatic nitrogens is 1. The van der Waals surface area contributed by atoms with Gasteiger partial charge in [-0.3, -0.25) is 4.79 Å². The van der Waals surface area contributed by atoms with Crippen LogP contribution in [-0.4, -0.2) is 10.8 Å². The highest BCUT2D eigenvalue weighted by atomic mass is 16.5. The van der Waals surface area contributed by atoms with Crippen LogP contribution in [0.2, 0.25) is 0 Å². The van der Waals surface area contributed by atoms with E-state index < -0.39 is 0 Å². The molecule has 0 bridgehead atoms. The summed E-state index contributed by atoms with van der Waals surface area (Å²) in [7, 11) is 0. The highest BCUT2D eigenvalue weighted by molar-refractivity contribution is 6.07. The van der Waals surface area contributed by atoms with E-state index in [0.29, 0.717) is 23.5 Å². The number of nitriles is 1. The molecule has 3 aromatic carbocycles. The third-order valence-electron chi connectivity index (χ3n) is 4.60. The van der Waals surface area contributed by atoms with Gasteiger partial charge in [-0.05, 0) is 48.0 Å². The molecule has 4 nitrogen and oxygen atoms in total. The summed E-state index contributed by atoms with van der Waals surface area (Å²) in [5.74, 6) is 0.546. The molecule has 144 valence electrons. The Morgan fingerprint density at radius 2 is 1.83 bits per heavy atom. The van der Waals surface area contributed by atoms with Crippen LogP contribution in [0.1, 0.15) is 27.2 Å². The van der Waals surface area contributed by atoms with Gasteiger partial charge in [0.15, 0.2) is 5.78 Å². The quantitative estimate of drug-likeness (QED) is 0.318. The maximum atomic E-state index is 12.4. The topological polar surface area (TPSA) is 63.0 Å². The van der Waals surface area contributed by atoms with Gasteiger partial charge in [-0.2, -0.15) is 5.26 Å². The van der Waals surface area contributed by atoms with Crippen molar-refractivity contribution in [1.29, 1.82) is 5.26 Å². The number of hydrogen-bond donors (Lipinski definition) is 0. The first-order chi connectivity index (χ1) is 14.7.